The minimum atomic E-state index is -3.59. The van der Waals surface area contributed by atoms with Gasteiger partial charge in [-0.3, -0.25) is 0 Å². The minimum Gasteiger partial charge on any atom is -0.318 e. The highest BCUT2D eigenvalue weighted by atomic mass is 35.5. The van der Waals surface area contributed by atoms with Crippen molar-refractivity contribution < 1.29 is 18.0 Å². The van der Waals surface area contributed by atoms with Crippen LogP contribution in [0.25, 0.3) is 0 Å². The zero-order valence-corrected chi connectivity index (χ0v) is 17.0. The molecule has 6 nitrogen and oxygen atoms in total. The largest absolute Gasteiger partial charge is 0.338 e. The van der Waals surface area contributed by atoms with Crippen LogP contribution in [0, 0.1) is 12.8 Å². The van der Waals surface area contributed by atoms with Gasteiger partial charge in [-0.2, -0.15) is 4.31 Å². The molecular weight excluding hydrogens is 400 g/mol. The second kappa shape index (κ2) is 8.86. The Bertz CT molecular complexity index is 966. The summed E-state index contributed by atoms with van der Waals surface area (Å²) < 4.78 is 26.7. The molecule has 0 unspecified atom stereocenters. The summed E-state index contributed by atoms with van der Waals surface area (Å²) in [4.78, 5) is 17.4. The van der Waals surface area contributed by atoms with Crippen molar-refractivity contribution in [2.45, 2.75) is 24.7 Å². The van der Waals surface area contributed by atoms with Gasteiger partial charge in [-0.05, 0) is 55.2 Å². The molecule has 1 aliphatic rings. The minimum absolute atomic E-state index is 0.195. The van der Waals surface area contributed by atoms with E-state index in [9.17, 15) is 13.2 Å². The van der Waals surface area contributed by atoms with Crippen LogP contribution in [0.3, 0.4) is 0 Å². The first-order valence-corrected chi connectivity index (χ1v) is 10.8. The molecule has 0 radical (unpaired) electrons. The fraction of sp³-hybridized carbons (Fsp3) is 0.300. The summed E-state index contributed by atoms with van der Waals surface area (Å²) in [5.41, 5.74) is 1.90. The van der Waals surface area contributed by atoms with Crippen molar-refractivity contribution in [1.29, 1.82) is 0 Å². The smallest absolute Gasteiger partial charge is 0.318 e. The highest BCUT2D eigenvalue weighted by molar-refractivity contribution is 7.89. The number of carbonyl (C=O) groups excluding carboxylic acids is 1. The van der Waals surface area contributed by atoms with Crippen LogP contribution in [-0.4, -0.2) is 38.0 Å². The average molecular weight is 421 g/mol. The molecule has 1 heterocycles. The summed E-state index contributed by atoms with van der Waals surface area (Å²) in [6.45, 7) is 2.46. The van der Waals surface area contributed by atoms with Crippen molar-refractivity contribution in [3.05, 3.63) is 64.7 Å². The van der Waals surface area contributed by atoms with Crippen LogP contribution < -0.4 is 0 Å². The molecule has 1 fully saturated rings. The molecular formula is C20H21ClN2O4S. The third-order valence-corrected chi connectivity index (χ3v) is 6.93. The van der Waals surface area contributed by atoms with Gasteiger partial charge < -0.3 is 4.84 Å². The second-order valence-corrected chi connectivity index (χ2v) is 9.01. The lowest BCUT2D eigenvalue weighted by atomic mass is 9.99. The number of hydrogen-bond acceptors (Lipinski definition) is 5. The quantitative estimate of drug-likeness (QED) is 0.420. The van der Waals surface area contributed by atoms with Gasteiger partial charge in [-0.15, -0.1) is 0 Å². The van der Waals surface area contributed by atoms with Gasteiger partial charge in [0.2, 0.25) is 10.0 Å². The average Bonchev–Trinajstić information content (AvgIpc) is 2.70. The molecule has 0 spiro atoms. The van der Waals surface area contributed by atoms with Crippen molar-refractivity contribution in [1.82, 2.24) is 4.31 Å². The Kier molecular flexibility index (Phi) is 6.49. The van der Waals surface area contributed by atoms with Gasteiger partial charge in [0.05, 0.1) is 17.0 Å². The molecule has 2 aromatic carbocycles. The summed E-state index contributed by atoms with van der Waals surface area (Å²) in [6.07, 6.45) is 2.30. The number of sulfonamides is 1. The van der Waals surface area contributed by atoms with Crippen LogP contribution in [0.15, 0.2) is 58.6 Å². The first-order valence-electron chi connectivity index (χ1n) is 8.93. The van der Waals surface area contributed by atoms with E-state index in [2.05, 4.69) is 5.16 Å². The molecule has 0 saturated carbocycles. The first-order chi connectivity index (χ1) is 13.4. The van der Waals surface area contributed by atoms with Crippen LogP contribution in [0.5, 0.6) is 0 Å². The summed E-state index contributed by atoms with van der Waals surface area (Å²) in [6, 6.07) is 13.7. The predicted octanol–water partition coefficient (Wildman–Crippen LogP) is 3.63. The van der Waals surface area contributed by atoms with Crippen molar-refractivity contribution in [3.8, 4) is 0 Å². The number of nitrogens with zero attached hydrogens (tertiary/aromatic N) is 2. The third kappa shape index (κ3) is 4.79. The number of benzene rings is 2. The number of oxime groups is 1. The van der Waals surface area contributed by atoms with Crippen LogP contribution >= 0.6 is 11.6 Å². The lowest BCUT2D eigenvalue weighted by molar-refractivity contribution is -0.149. The van der Waals surface area contributed by atoms with E-state index in [-0.39, 0.29) is 23.9 Å². The van der Waals surface area contributed by atoms with Crippen LogP contribution in [0.4, 0.5) is 0 Å². The maximum atomic E-state index is 12.7. The number of piperidine rings is 1. The van der Waals surface area contributed by atoms with E-state index in [1.54, 1.807) is 12.1 Å². The first kappa shape index (κ1) is 20.5. The molecule has 2 aromatic rings. The summed E-state index contributed by atoms with van der Waals surface area (Å²) >= 11 is 5.82. The van der Waals surface area contributed by atoms with Crippen molar-refractivity contribution in [2.24, 2.45) is 11.1 Å². The molecule has 0 atom stereocenters. The Labute approximate surface area is 169 Å². The van der Waals surface area contributed by atoms with Crippen LogP contribution in [0.1, 0.15) is 24.0 Å². The molecule has 0 aromatic heterocycles. The zero-order chi connectivity index (χ0) is 20.1. The van der Waals surface area contributed by atoms with Crippen molar-refractivity contribution >= 4 is 33.8 Å². The monoisotopic (exact) mass is 420 g/mol. The predicted molar refractivity (Wildman–Crippen MR) is 108 cm³/mol. The topological polar surface area (TPSA) is 76.0 Å². The fourth-order valence-electron chi connectivity index (χ4n) is 3.03. The van der Waals surface area contributed by atoms with Crippen molar-refractivity contribution in [3.63, 3.8) is 0 Å². The van der Waals surface area contributed by atoms with Crippen LogP contribution in [-0.2, 0) is 19.7 Å². The third-order valence-electron chi connectivity index (χ3n) is 4.76. The Hall–Kier alpha value is -2.22. The van der Waals surface area contributed by atoms with Gasteiger partial charge in [0.1, 0.15) is 0 Å². The maximum Gasteiger partial charge on any atom is 0.338 e. The molecule has 0 aliphatic carbocycles. The zero-order valence-electron chi connectivity index (χ0n) is 15.4. The second-order valence-electron chi connectivity index (χ2n) is 6.63. The number of hydrogen-bond donors (Lipinski definition) is 0. The van der Waals surface area contributed by atoms with Gasteiger partial charge >= 0.3 is 5.97 Å². The molecule has 28 heavy (non-hydrogen) atoms. The molecule has 1 aliphatic heterocycles. The lowest BCUT2D eigenvalue weighted by Gasteiger charge is -2.29. The van der Waals surface area contributed by atoms with Gasteiger partial charge in [-0.1, -0.05) is 41.0 Å². The summed E-state index contributed by atoms with van der Waals surface area (Å²) in [7, 11) is -3.59. The fourth-order valence-corrected chi connectivity index (χ4v) is 4.62. The number of halogens is 1. The standard InChI is InChI=1S/C20H21ClN2O4S/c1-15-4-2-3-5-17(15)14-22-27-20(24)16-10-12-23(13-11-16)28(25,26)19-8-6-18(21)7-9-19/h2-9,14,16H,10-13H2,1H3. The van der Waals surface area contributed by atoms with E-state index >= 15 is 0 Å². The highest BCUT2D eigenvalue weighted by Crippen LogP contribution is 2.25. The van der Waals surface area contributed by atoms with E-state index in [0.717, 1.165) is 11.1 Å². The number of aryl methyl sites for hydroxylation is 1. The van der Waals surface area contributed by atoms with E-state index in [1.165, 1.54) is 22.7 Å². The van der Waals surface area contributed by atoms with Crippen molar-refractivity contribution in [2.75, 3.05) is 13.1 Å². The summed E-state index contributed by atoms with van der Waals surface area (Å²) in [5, 5.41) is 4.26. The van der Waals surface area contributed by atoms with Gasteiger partial charge in [0.25, 0.3) is 0 Å². The Morgan fingerprint density at radius 1 is 1.14 bits per heavy atom. The molecule has 8 heteroatoms. The van der Waals surface area contributed by atoms with E-state index in [4.69, 9.17) is 16.4 Å². The number of rotatable bonds is 5. The van der Waals surface area contributed by atoms with E-state index in [1.807, 2.05) is 31.2 Å². The molecule has 3 rings (SSSR count). The molecule has 0 N–H and O–H groups in total. The lowest BCUT2D eigenvalue weighted by Crippen LogP contribution is -2.40. The van der Waals surface area contributed by atoms with E-state index in [0.29, 0.717) is 17.9 Å². The molecule has 148 valence electrons. The number of carbonyl (C=O) groups is 1. The van der Waals surface area contributed by atoms with Gasteiger partial charge in [0.15, 0.2) is 0 Å². The molecule has 1 saturated heterocycles. The van der Waals surface area contributed by atoms with Gasteiger partial charge in [-0.25, -0.2) is 13.2 Å². The normalized spacial score (nSPS) is 16.4. The Morgan fingerprint density at radius 3 is 2.43 bits per heavy atom. The SMILES string of the molecule is Cc1ccccc1C=NOC(=O)C1CCN(S(=O)(=O)c2ccc(Cl)cc2)CC1. The Balaban J connectivity index is 1.55. The Morgan fingerprint density at radius 2 is 1.79 bits per heavy atom. The van der Waals surface area contributed by atoms with E-state index < -0.39 is 16.0 Å². The molecule has 0 amide bonds. The van der Waals surface area contributed by atoms with Crippen LogP contribution in [0.2, 0.25) is 5.02 Å². The van der Waals surface area contributed by atoms with Gasteiger partial charge in [0, 0.05) is 18.1 Å². The highest BCUT2D eigenvalue weighted by Gasteiger charge is 2.33. The maximum absolute atomic E-state index is 12.7. The molecule has 0 bridgehead atoms. The summed E-state index contributed by atoms with van der Waals surface area (Å²) in [5.74, 6) is -0.806.